The van der Waals surface area contributed by atoms with Crippen molar-refractivity contribution in [2.75, 3.05) is 0 Å². The molecular formula is C33H34N4O6. The third kappa shape index (κ3) is 5.36. The van der Waals surface area contributed by atoms with Crippen LogP contribution in [0.5, 0.6) is 0 Å². The largest absolute Gasteiger partial charge is 0.481 e. The monoisotopic (exact) mass is 582 g/mol. The molecule has 2 aliphatic heterocycles. The van der Waals surface area contributed by atoms with E-state index in [4.69, 9.17) is 9.97 Å². The Balaban J connectivity index is 2.01. The summed E-state index contributed by atoms with van der Waals surface area (Å²) in [5.41, 5.74) is 9.25. The molecule has 0 amide bonds. The average molecular weight is 583 g/mol. The van der Waals surface area contributed by atoms with Crippen LogP contribution >= 0.6 is 0 Å². The minimum atomic E-state index is -1.23. The number of aromatic nitrogens is 4. The quantitative estimate of drug-likeness (QED) is 0.216. The maximum atomic E-state index is 12.6. The molecule has 1 unspecified atom stereocenters. The Kier molecular flexibility index (Phi) is 7.79. The van der Waals surface area contributed by atoms with Gasteiger partial charge in [-0.05, 0) is 80.5 Å². The molecule has 0 saturated heterocycles. The Morgan fingerprint density at radius 1 is 0.930 bits per heavy atom. The van der Waals surface area contributed by atoms with Gasteiger partial charge in [-0.25, -0.2) is 9.78 Å². The Hall–Kier alpha value is -4.99. The topological polar surface area (TPSA) is 169 Å². The molecule has 222 valence electrons. The van der Waals surface area contributed by atoms with Crippen LogP contribution in [0.3, 0.4) is 0 Å². The number of hydrogen-bond donors (Lipinski definition) is 5. The molecule has 0 saturated carbocycles. The normalized spacial score (nSPS) is 14.7. The molecular weight excluding hydrogens is 548 g/mol. The number of carboxylic acid groups (broad SMARTS) is 3. The van der Waals surface area contributed by atoms with Crippen molar-refractivity contribution in [3.8, 4) is 0 Å². The fourth-order valence-electron chi connectivity index (χ4n) is 6.24. The number of H-pyrrole nitrogens is 2. The zero-order valence-corrected chi connectivity index (χ0v) is 24.6. The van der Waals surface area contributed by atoms with Crippen LogP contribution in [0.25, 0.3) is 39.3 Å². The highest BCUT2D eigenvalue weighted by Crippen LogP contribution is 2.38. The van der Waals surface area contributed by atoms with E-state index in [1.165, 1.54) is 0 Å². The molecule has 0 fully saturated rings. The number of fused-ring (bicyclic) bond motifs is 8. The van der Waals surface area contributed by atoms with Gasteiger partial charge in [0.2, 0.25) is 0 Å². The summed E-state index contributed by atoms with van der Waals surface area (Å²) in [6.45, 7) is 11.7. The minimum absolute atomic E-state index is 0.0477. The third-order valence-corrected chi connectivity index (χ3v) is 8.44. The van der Waals surface area contributed by atoms with E-state index in [1.54, 1.807) is 13.0 Å². The second kappa shape index (κ2) is 11.4. The Morgan fingerprint density at radius 2 is 1.63 bits per heavy atom. The van der Waals surface area contributed by atoms with E-state index >= 15 is 0 Å². The van der Waals surface area contributed by atoms with Gasteiger partial charge in [0.1, 0.15) is 0 Å². The molecule has 0 aromatic carbocycles. The number of nitrogens with zero attached hydrogens (tertiary/aromatic N) is 2. The number of nitrogens with one attached hydrogen (secondary N) is 2. The number of carbonyl (C=O) groups is 3. The number of rotatable bonds is 8. The first-order valence-corrected chi connectivity index (χ1v) is 14.2. The molecule has 5 N–H and O–H groups in total. The van der Waals surface area contributed by atoms with Crippen LogP contribution in [0.4, 0.5) is 0 Å². The van der Waals surface area contributed by atoms with E-state index < -0.39 is 30.2 Å². The van der Waals surface area contributed by atoms with Crippen LogP contribution in [0.2, 0.25) is 0 Å². The summed E-state index contributed by atoms with van der Waals surface area (Å²) in [7, 11) is 0. The third-order valence-electron chi connectivity index (χ3n) is 8.44. The van der Waals surface area contributed by atoms with Gasteiger partial charge in [0.05, 0.1) is 29.1 Å². The smallest absolute Gasteiger partial charge is 0.338 e. The van der Waals surface area contributed by atoms with Crippen molar-refractivity contribution >= 4 is 57.2 Å². The summed E-state index contributed by atoms with van der Waals surface area (Å²) in [6.07, 6.45) is 2.43. The summed E-state index contributed by atoms with van der Waals surface area (Å²) in [5, 5.41) is 29.7. The van der Waals surface area contributed by atoms with Crippen LogP contribution in [0.15, 0.2) is 24.8 Å². The van der Waals surface area contributed by atoms with Gasteiger partial charge in [-0.1, -0.05) is 19.6 Å². The summed E-state index contributed by atoms with van der Waals surface area (Å²) in [5.74, 6) is -3.81. The van der Waals surface area contributed by atoms with Gasteiger partial charge < -0.3 is 25.3 Å². The van der Waals surface area contributed by atoms with Crippen molar-refractivity contribution in [2.24, 2.45) is 0 Å². The number of aliphatic carboxylic acids is 3. The van der Waals surface area contributed by atoms with E-state index in [1.807, 2.05) is 39.0 Å². The first-order chi connectivity index (χ1) is 20.4. The van der Waals surface area contributed by atoms with Crippen LogP contribution in [-0.4, -0.2) is 53.2 Å². The second-order valence-corrected chi connectivity index (χ2v) is 11.1. The molecule has 10 nitrogen and oxygen atoms in total. The molecule has 5 rings (SSSR count). The lowest BCUT2D eigenvalue weighted by Gasteiger charge is -2.12. The zero-order chi connectivity index (χ0) is 31.2. The first kappa shape index (κ1) is 29.5. The van der Waals surface area contributed by atoms with Crippen molar-refractivity contribution in [1.82, 2.24) is 19.9 Å². The summed E-state index contributed by atoms with van der Waals surface area (Å²) in [4.78, 5) is 52.8. The lowest BCUT2D eigenvalue weighted by molar-refractivity contribution is -0.138. The maximum Gasteiger partial charge on any atom is 0.338 e. The number of carboxylic acids is 3. The first-order valence-electron chi connectivity index (χ1n) is 14.2. The summed E-state index contributed by atoms with van der Waals surface area (Å²) in [6, 6.07) is 5.72. The molecule has 3 aromatic rings. The molecule has 0 aliphatic carbocycles. The molecule has 2 aliphatic rings. The van der Waals surface area contributed by atoms with Gasteiger partial charge in [-0.15, -0.1) is 0 Å². The lowest BCUT2D eigenvalue weighted by Crippen LogP contribution is -2.12. The molecule has 3 aromatic heterocycles. The highest BCUT2D eigenvalue weighted by molar-refractivity contribution is 6.24. The van der Waals surface area contributed by atoms with Gasteiger partial charge >= 0.3 is 17.9 Å². The van der Waals surface area contributed by atoms with Crippen LogP contribution in [-0.2, 0) is 33.6 Å². The predicted molar refractivity (Wildman–Crippen MR) is 165 cm³/mol. The van der Waals surface area contributed by atoms with E-state index in [0.29, 0.717) is 35.5 Å². The Bertz CT molecular complexity index is 1910. The van der Waals surface area contributed by atoms with Gasteiger partial charge in [-0.2, -0.15) is 0 Å². The van der Waals surface area contributed by atoms with Crippen LogP contribution in [0.1, 0.15) is 83.2 Å². The van der Waals surface area contributed by atoms with Gasteiger partial charge in [0, 0.05) is 51.2 Å². The van der Waals surface area contributed by atoms with E-state index in [-0.39, 0.29) is 29.7 Å². The van der Waals surface area contributed by atoms with Gasteiger partial charge in [0.15, 0.2) is 0 Å². The Morgan fingerprint density at radius 3 is 2.26 bits per heavy atom. The van der Waals surface area contributed by atoms with Crippen LogP contribution in [0, 0.1) is 13.8 Å². The standard InChI is InChI=1S/C33H34N4O6/c1-6-20-15(3)23-11-19-10-18(8-9-28(38)39)31(34-19)22(12-29(40)41)32-30(33(42)43)17(5)25(37-32)14-27-21(7-2)16(4)24(36-27)13-26(20)35-23/h6,11,13-14,18,35-36H,1,7-10,12H2,2-5H3,(H,38,39)(H,40,41)(H,42,43). The Labute approximate surface area is 247 Å². The number of aromatic amines is 2. The molecule has 0 radical (unpaired) electrons. The SMILES string of the molecule is C=Cc1c(C)c2cc3nc(c(CC(=O)O)c4nc(cc5[nH]c(cc1[nH]2)c(C)c5CC)C(C)=C4C(=O)O)C(CCC(=O)O)C3. The fourth-order valence-corrected chi connectivity index (χ4v) is 6.24. The predicted octanol–water partition coefficient (Wildman–Crippen LogP) is 5.97. The molecule has 43 heavy (non-hydrogen) atoms. The fraction of sp³-hybridized carbons (Fsp3) is 0.303. The highest BCUT2D eigenvalue weighted by Gasteiger charge is 2.32. The van der Waals surface area contributed by atoms with Crippen molar-refractivity contribution in [3.05, 3.63) is 75.4 Å². The van der Waals surface area contributed by atoms with E-state index in [2.05, 4.69) is 16.5 Å². The lowest BCUT2D eigenvalue weighted by atomic mass is 9.90. The van der Waals surface area contributed by atoms with Crippen molar-refractivity contribution in [2.45, 2.75) is 65.7 Å². The summed E-state index contributed by atoms with van der Waals surface area (Å²) < 4.78 is 0. The van der Waals surface area contributed by atoms with Crippen molar-refractivity contribution in [3.63, 3.8) is 0 Å². The maximum absolute atomic E-state index is 12.6. The van der Waals surface area contributed by atoms with Crippen molar-refractivity contribution in [1.29, 1.82) is 0 Å². The number of hydrogen-bond acceptors (Lipinski definition) is 5. The van der Waals surface area contributed by atoms with Gasteiger partial charge in [0.25, 0.3) is 0 Å². The van der Waals surface area contributed by atoms with Crippen molar-refractivity contribution < 1.29 is 29.7 Å². The molecule has 5 heterocycles. The molecule has 0 spiro atoms. The number of aryl methyl sites for hydroxylation is 3. The number of allylic oxidation sites excluding steroid dienone is 1. The summed E-state index contributed by atoms with van der Waals surface area (Å²) >= 11 is 0. The highest BCUT2D eigenvalue weighted by atomic mass is 16.4. The van der Waals surface area contributed by atoms with E-state index in [0.717, 1.165) is 44.3 Å². The minimum Gasteiger partial charge on any atom is -0.481 e. The molecule has 8 bridgehead atoms. The second-order valence-electron chi connectivity index (χ2n) is 11.1. The molecule has 10 heteroatoms. The van der Waals surface area contributed by atoms with Crippen LogP contribution < -0.4 is 0 Å². The van der Waals surface area contributed by atoms with Gasteiger partial charge in [-0.3, -0.25) is 14.6 Å². The van der Waals surface area contributed by atoms with E-state index in [9.17, 15) is 29.7 Å². The average Bonchev–Trinajstić information content (AvgIpc) is 3.65. The molecule has 1 atom stereocenters. The zero-order valence-electron chi connectivity index (χ0n) is 24.6.